The summed E-state index contributed by atoms with van der Waals surface area (Å²) in [4.78, 5) is 16.8. The van der Waals surface area contributed by atoms with Crippen molar-refractivity contribution in [2.45, 2.75) is 0 Å². The third-order valence-electron chi connectivity index (χ3n) is 3.45. The van der Waals surface area contributed by atoms with Crippen LogP contribution in [0.2, 0.25) is 5.02 Å². The molecule has 26 heavy (non-hydrogen) atoms. The molecular formula is C17H14ClN3O3S2. The molecule has 3 rings (SSSR count). The maximum absolute atomic E-state index is 12.4. The second-order valence-electron chi connectivity index (χ2n) is 5.11. The molecule has 134 valence electrons. The molecule has 0 aliphatic carbocycles. The molecule has 0 aliphatic heterocycles. The van der Waals surface area contributed by atoms with Gasteiger partial charge in [-0.15, -0.1) is 0 Å². The third kappa shape index (κ3) is 4.04. The first-order chi connectivity index (χ1) is 12.5. The Balaban J connectivity index is 1.71. The van der Waals surface area contributed by atoms with Crippen LogP contribution in [-0.2, 0) is 0 Å². The molecule has 2 aromatic carbocycles. The first kappa shape index (κ1) is 18.4. The molecule has 0 bridgehead atoms. The van der Waals surface area contributed by atoms with Gasteiger partial charge in [0, 0.05) is 11.1 Å². The topological polar surface area (TPSA) is 72.5 Å². The van der Waals surface area contributed by atoms with Crippen molar-refractivity contribution in [2.24, 2.45) is 0 Å². The predicted molar refractivity (Wildman–Crippen MR) is 108 cm³/mol. The molecule has 9 heteroatoms. The third-order valence-corrected chi connectivity index (χ3v) is 4.82. The fraction of sp³-hybridized carbons (Fsp3) is 0.118. The Morgan fingerprint density at radius 1 is 1.19 bits per heavy atom. The fourth-order valence-electron chi connectivity index (χ4n) is 2.24. The van der Waals surface area contributed by atoms with Crippen molar-refractivity contribution >= 4 is 61.5 Å². The van der Waals surface area contributed by atoms with E-state index in [4.69, 9.17) is 33.3 Å². The number of halogens is 1. The van der Waals surface area contributed by atoms with Crippen LogP contribution in [0.3, 0.4) is 0 Å². The predicted octanol–water partition coefficient (Wildman–Crippen LogP) is 4.09. The normalized spacial score (nSPS) is 10.4. The number of hydrogen-bond donors (Lipinski definition) is 2. The van der Waals surface area contributed by atoms with Crippen LogP contribution < -0.4 is 20.1 Å². The molecule has 0 radical (unpaired) electrons. The van der Waals surface area contributed by atoms with E-state index in [1.165, 1.54) is 18.4 Å². The van der Waals surface area contributed by atoms with Crippen molar-refractivity contribution in [3.8, 4) is 11.5 Å². The summed E-state index contributed by atoms with van der Waals surface area (Å²) < 4.78 is 11.3. The van der Waals surface area contributed by atoms with Gasteiger partial charge in [0.25, 0.3) is 5.91 Å². The van der Waals surface area contributed by atoms with Gasteiger partial charge >= 0.3 is 0 Å². The van der Waals surface area contributed by atoms with E-state index in [0.717, 1.165) is 10.2 Å². The average Bonchev–Trinajstić information content (AvgIpc) is 3.01. The smallest absolute Gasteiger partial charge is 0.261 e. The number of aromatic nitrogens is 1. The van der Waals surface area contributed by atoms with Crippen molar-refractivity contribution < 1.29 is 14.3 Å². The Morgan fingerprint density at radius 2 is 2.00 bits per heavy atom. The standard InChI is InChI=1S/C17H14ClN3O3S2/c1-23-10-4-5-11(13(8-10)24-2)15(22)20-16(25)21-17-19-12-6-3-9(18)7-14(12)26-17/h3-8H,1-2H3,(H2,19,20,21,22,25). The number of carbonyl (C=O) groups is 1. The Labute approximate surface area is 164 Å². The van der Waals surface area contributed by atoms with Gasteiger partial charge in [0.05, 0.1) is 30.0 Å². The minimum absolute atomic E-state index is 0.137. The van der Waals surface area contributed by atoms with Crippen LogP contribution in [0.5, 0.6) is 11.5 Å². The van der Waals surface area contributed by atoms with E-state index in [1.807, 2.05) is 12.1 Å². The number of nitrogens with zero attached hydrogens (tertiary/aromatic N) is 1. The minimum atomic E-state index is -0.397. The van der Waals surface area contributed by atoms with E-state index >= 15 is 0 Å². The molecule has 0 unspecified atom stereocenters. The van der Waals surface area contributed by atoms with Crippen molar-refractivity contribution in [1.82, 2.24) is 10.3 Å². The maximum atomic E-state index is 12.4. The van der Waals surface area contributed by atoms with Gasteiger partial charge in [0.2, 0.25) is 0 Å². The summed E-state index contributed by atoms with van der Waals surface area (Å²) in [5, 5.41) is 6.86. The number of rotatable bonds is 4. The summed E-state index contributed by atoms with van der Waals surface area (Å²) in [5.41, 5.74) is 1.14. The van der Waals surface area contributed by atoms with Gasteiger partial charge in [-0.25, -0.2) is 4.98 Å². The lowest BCUT2D eigenvalue weighted by atomic mass is 10.2. The lowest BCUT2D eigenvalue weighted by Gasteiger charge is -2.11. The number of amides is 1. The Kier molecular flexibility index (Phi) is 5.55. The number of benzene rings is 2. The molecule has 0 aliphatic rings. The molecule has 0 spiro atoms. The van der Waals surface area contributed by atoms with Gasteiger partial charge in [0.1, 0.15) is 11.5 Å². The van der Waals surface area contributed by atoms with E-state index in [2.05, 4.69) is 15.6 Å². The summed E-state index contributed by atoms with van der Waals surface area (Å²) in [6.45, 7) is 0. The number of hydrogen-bond acceptors (Lipinski definition) is 6. The number of nitrogens with one attached hydrogen (secondary N) is 2. The van der Waals surface area contributed by atoms with Crippen LogP contribution in [0.1, 0.15) is 10.4 Å². The maximum Gasteiger partial charge on any atom is 0.261 e. The van der Waals surface area contributed by atoms with Gasteiger partial charge in [-0.2, -0.15) is 0 Å². The Bertz CT molecular complexity index is 991. The van der Waals surface area contributed by atoms with Crippen LogP contribution in [0, 0.1) is 0 Å². The zero-order valence-corrected chi connectivity index (χ0v) is 16.2. The Hall–Kier alpha value is -2.42. The SMILES string of the molecule is COc1ccc(C(=O)NC(=S)Nc2nc3ccc(Cl)cc3s2)c(OC)c1. The van der Waals surface area contributed by atoms with Crippen molar-refractivity contribution in [3.63, 3.8) is 0 Å². The zero-order valence-electron chi connectivity index (χ0n) is 13.8. The number of thiazole rings is 1. The quantitative estimate of drug-likeness (QED) is 0.634. The molecule has 1 amide bonds. The van der Waals surface area contributed by atoms with Gasteiger partial charge < -0.3 is 14.8 Å². The average molecular weight is 408 g/mol. The number of ether oxygens (including phenoxy) is 2. The fourth-order valence-corrected chi connectivity index (χ4v) is 3.64. The number of methoxy groups -OCH3 is 2. The summed E-state index contributed by atoms with van der Waals surface area (Å²) in [7, 11) is 3.02. The summed E-state index contributed by atoms with van der Waals surface area (Å²) in [6.07, 6.45) is 0. The highest BCUT2D eigenvalue weighted by molar-refractivity contribution is 7.80. The molecule has 3 aromatic rings. The highest BCUT2D eigenvalue weighted by Crippen LogP contribution is 2.28. The summed E-state index contributed by atoms with van der Waals surface area (Å²) >= 11 is 12.6. The number of fused-ring (bicyclic) bond motifs is 1. The van der Waals surface area contributed by atoms with Gasteiger partial charge in [-0.3, -0.25) is 10.1 Å². The molecule has 2 N–H and O–H groups in total. The molecular weight excluding hydrogens is 394 g/mol. The van der Waals surface area contributed by atoms with Crippen LogP contribution in [0.4, 0.5) is 5.13 Å². The molecule has 0 saturated carbocycles. The number of anilines is 1. The molecule has 6 nitrogen and oxygen atoms in total. The van der Waals surface area contributed by atoms with Crippen LogP contribution in [0.25, 0.3) is 10.2 Å². The molecule has 0 saturated heterocycles. The van der Waals surface area contributed by atoms with E-state index in [9.17, 15) is 4.79 Å². The number of thiocarbonyl (C=S) groups is 1. The van der Waals surface area contributed by atoms with Crippen molar-refractivity contribution in [1.29, 1.82) is 0 Å². The first-order valence-corrected chi connectivity index (χ1v) is 9.01. The lowest BCUT2D eigenvalue weighted by molar-refractivity contribution is 0.0974. The van der Waals surface area contributed by atoms with E-state index < -0.39 is 5.91 Å². The van der Waals surface area contributed by atoms with Crippen LogP contribution >= 0.6 is 35.2 Å². The van der Waals surface area contributed by atoms with Crippen molar-refractivity contribution in [3.05, 3.63) is 47.0 Å². The lowest BCUT2D eigenvalue weighted by Crippen LogP contribution is -2.34. The molecule has 1 aromatic heterocycles. The molecule has 1 heterocycles. The second-order valence-corrected chi connectivity index (χ2v) is 6.98. The first-order valence-electron chi connectivity index (χ1n) is 7.40. The largest absolute Gasteiger partial charge is 0.497 e. The molecule has 0 atom stereocenters. The monoisotopic (exact) mass is 407 g/mol. The van der Waals surface area contributed by atoms with Gasteiger partial charge in [0.15, 0.2) is 10.2 Å². The number of carbonyl (C=O) groups excluding carboxylic acids is 1. The van der Waals surface area contributed by atoms with Crippen LogP contribution in [0.15, 0.2) is 36.4 Å². The minimum Gasteiger partial charge on any atom is -0.497 e. The van der Waals surface area contributed by atoms with E-state index in [-0.39, 0.29) is 5.11 Å². The van der Waals surface area contributed by atoms with Gasteiger partial charge in [-0.05, 0) is 42.5 Å². The van der Waals surface area contributed by atoms with Crippen molar-refractivity contribution in [2.75, 3.05) is 19.5 Å². The summed E-state index contributed by atoms with van der Waals surface area (Å²) in [6, 6.07) is 10.3. The zero-order chi connectivity index (χ0) is 18.7. The highest BCUT2D eigenvalue weighted by Gasteiger charge is 2.15. The highest BCUT2D eigenvalue weighted by atomic mass is 35.5. The Morgan fingerprint density at radius 3 is 2.73 bits per heavy atom. The van der Waals surface area contributed by atoms with E-state index in [0.29, 0.717) is 27.2 Å². The van der Waals surface area contributed by atoms with Crippen LogP contribution in [-0.4, -0.2) is 30.2 Å². The second kappa shape index (κ2) is 7.86. The van der Waals surface area contributed by atoms with E-state index in [1.54, 1.807) is 31.4 Å². The molecule has 0 fully saturated rings. The summed E-state index contributed by atoms with van der Waals surface area (Å²) in [5.74, 6) is 0.581. The van der Waals surface area contributed by atoms with Gasteiger partial charge in [-0.1, -0.05) is 22.9 Å².